The van der Waals surface area contributed by atoms with Crippen LogP contribution in [-0.2, 0) is 24.6 Å². The van der Waals surface area contributed by atoms with E-state index in [-0.39, 0.29) is 0 Å². The maximum atomic E-state index is 14.8. The number of halogens is 2. The van der Waals surface area contributed by atoms with Crippen molar-refractivity contribution in [2.75, 3.05) is 9.80 Å². The van der Waals surface area contributed by atoms with Gasteiger partial charge in [0, 0.05) is 10.0 Å². The summed E-state index contributed by atoms with van der Waals surface area (Å²) in [6.45, 7) is 0. The van der Waals surface area contributed by atoms with Gasteiger partial charge in [-0.05, 0) is 65.2 Å². The lowest BCUT2D eigenvalue weighted by Gasteiger charge is -2.42. The fourth-order valence-corrected chi connectivity index (χ4v) is 7.06. The standard InChI is InChI=1S/C32H20Cl2N2O4/c33-19-13-11-18(12-14-19)32-24-17-20(34)15-16-23(24)25-26(29(38)35(28(25)37)21-7-3-1-4-8-21)27(32)30(39)36(31(32)40)22-9-5-2-6-10-22/h1-17,25-27H/t25-,26-,27-,32-/m0/s1. The second kappa shape index (κ2) is 8.88. The number of para-hydroxylation sites is 2. The van der Waals surface area contributed by atoms with E-state index >= 15 is 0 Å². The highest BCUT2D eigenvalue weighted by molar-refractivity contribution is 6.34. The third-order valence-electron chi connectivity index (χ3n) is 8.31. The first-order valence-corrected chi connectivity index (χ1v) is 13.5. The van der Waals surface area contributed by atoms with E-state index in [1.165, 1.54) is 0 Å². The topological polar surface area (TPSA) is 74.8 Å². The SMILES string of the molecule is O=C1[C@@H]2[C@H]3C(=O)N(c4ccccc4)C(=O)[C@@]3(c3ccc(Cl)cc3)c3cc(Cl)ccc3[C@@H]2C(=O)N1c1ccccc1. The van der Waals surface area contributed by atoms with Gasteiger partial charge in [-0.3, -0.25) is 19.2 Å². The molecule has 40 heavy (non-hydrogen) atoms. The second-order valence-electron chi connectivity index (χ2n) is 10.2. The Labute approximate surface area is 239 Å². The number of benzene rings is 4. The van der Waals surface area contributed by atoms with Crippen molar-refractivity contribution in [3.05, 3.63) is 130 Å². The molecule has 1 aliphatic carbocycles. The summed E-state index contributed by atoms with van der Waals surface area (Å²) >= 11 is 12.8. The summed E-state index contributed by atoms with van der Waals surface area (Å²) in [5, 5.41) is 0.801. The molecule has 196 valence electrons. The maximum absolute atomic E-state index is 14.8. The number of anilines is 2. The van der Waals surface area contributed by atoms with Gasteiger partial charge in [0.1, 0.15) is 5.41 Å². The van der Waals surface area contributed by atoms with Crippen LogP contribution in [0.5, 0.6) is 0 Å². The van der Waals surface area contributed by atoms with Crippen LogP contribution in [0.4, 0.5) is 11.4 Å². The number of carbonyl (C=O) groups is 4. The molecule has 0 spiro atoms. The van der Waals surface area contributed by atoms with E-state index < -0.39 is 46.8 Å². The minimum atomic E-state index is -1.61. The highest BCUT2D eigenvalue weighted by Crippen LogP contribution is 2.61. The molecule has 3 aliphatic rings. The number of carbonyl (C=O) groups excluding carboxylic acids is 4. The minimum Gasteiger partial charge on any atom is -0.274 e. The van der Waals surface area contributed by atoms with E-state index in [0.29, 0.717) is 38.1 Å². The molecule has 4 atom stereocenters. The van der Waals surface area contributed by atoms with E-state index in [1.54, 1.807) is 103 Å². The smallest absolute Gasteiger partial charge is 0.249 e. The molecule has 6 nitrogen and oxygen atoms in total. The van der Waals surface area contributed by atoms with Gasteiger partial charge in [-0.15, -0.1) is 0 Å². The molecule has 4 amide bonds. The highest BCUT2D eigenvalue weighted by Gasteiger charge is 2.72. The molecule has 2 heterocycles. The molecule has 0 aromatic heterocycles. The number of rotatable bonds is 3. The molecule has 8 heteroatoms. The summed E-state index contributed by atoms with van der Waals surface area (Å²) in [4.78, 5) is 59.9. The van der Waals surface area contributed by atoms with Gasteiger partial charge >= 0.3 is 0 Å². The molecular weight excluding hydrogens is 547 g/mol. The van der Waals surface area contributed by atoms with E-state index in [1.807, 2.05) is 0 Å². The zero-order valence-electron chi connectivity index (χ0n) is 20.8. The van der Waals surface area contributed by atoms with Crippen molar-refractivity contribution in [2.45, 2.75) is 11.3 Å². The van der Waals surface area contributed by atoms with Gasteiger partial charge in [0.2, 0.25) is 23.6 Å². The quantitative estimate of drug-likeness (QED) is 0.296. The van der Waals surface area contributed by atoms with Gasteiger partial charge in [-0.2, -0.15) is 0 Å². The average molecular weight is 567 g/mol. The lowest BCUT2D eigenvalue weighted by molar-refractivity contribution is -0.131. The highest BCUT2D eigenvalue weighted by atomic mass is 35.5. The molecule has 2 fully saturated rings. The fourth-order valence-electron chi connectivity index (χ4n) is 6.76. The van der Waals surface area contributed by atoms with Gasteiger partial charge in [0.15, 0.2) is 0 Å². The third-order valence-corrected chi connectivity index (χ3v) is 8.79. The van der Waals surface area contributed by atoms with Crippen molar-refractivity contribution < 1.29 is 19.2 Å². The normalized spacial score (nSPS) is 25.2. The van der Waals surface area contributed by atoms with Crippen molar-refractivity contribution in [3.63, 3.8) is 0 Å². The molecule has 2 aliphatic heterocycles. The predicted octanol–water partition coefficient (Wildman–Crippen LogP) is 5.76. The van der Waals surface area contributed by atoms with Crippen LogP contribution in [0.3, 0.4) is 0 Å². The van der Waals surface area contributed by atoms with Gasteiger partial charge in [-0.1, -0.05) is 77.8 Å². The zero-order chi connectivity index (χ0) is 27.8. The number of imide groups is 2. The van der Waals surface area contributed by atoms with Crippen molar-refractivity contribution >= 4 is 58.2 Å². The first kappa shape index (κ1) is 24.8. The summed E-state index contributed by atoms with van der Waals surface area (Å²) in [7, 11) is 0. The molecule has 2 saturated heterocycles. The van der Waals surface area contributed by atoms with Crippen LogP contribution in [-0.4, -0.2) is 23.6 Å². The second-order valence-corrected chi connectivity index (χ2v) is 11.1. The summed E-state index contributed by atoms with van der Waals surface area (Å²) in [6, 6.07) is 29.0. The molecule has 0 saturated carbocycles. The summed E-state index contributed by atoms with van der Waals surface area (Å²) in [5.74, 6) is -5.25. The average Bonchev–Trinajstić information content (AvgIpc) is 3.36. The lowest BCUT2D eigenvalue weighted by Crippen LogP contribution is -2.50. The number of nitrogens with zero attached hydrogens (tertiary/aromatic N) is 2. The summed E-state index contributed by atoms with van der Waals surface area (Å²) in [5.41, 5.74) is 0.642. The largest absolute Gasteiger partial charge is 0.274 e. The fraction of sp³-hybridized carbons (Fsp3) is 0.125. The molecule has 0 N–H and O–H groups in total. The van der Waals surface area contributed by atoms with Crippen LogP contribution in [0.2, 0.25) is 10.0 Å². The van der Waals surface area contributed by atoms with Gasteiger partial charge < -0.3 is 0 Å². The van der Waals surface area contributed by atoms with Crippen LogP contribution in [0.15, 0.2) is 103 Å². The Kier molecular flexibility index (Phi) is 5.50. The lowest BCUT2D eigenvalue weighted by atomic mass is 9.55. The van der Waals surface area contributed by atoms with Crippen LogP contribution in [0.25, 0.3) is 0 Å². The van der Waals surface area contributed by atoms with E-state index in [2.05, 4.69) is 0 Å². The van der Waals surface area contributed by atoms with Crippen molar-refractivity contribution in [3.8, 4) is 0 Å². The molecular formula is C32H20Cl2N2O4. The zero-order valence-corrected chi connectivity index (χ0v) is 22.3. The summed E-state index contributed by atoms with van der Waals surface area (Å²) < 4.78 is 0. The van der Waals surface area contributed by atoms with Crippen LogP contribution >= 0.6 is 23.2 Å². The van der Waals surface area contributed by atoms with E-state index in [4.69, 9.17) is 23.2 Å². The monoisotopic (exact) mass is 566 g/mol. The van der Waals surface area contributed by atoms with Crippen molar-refractivity contribution in [1.29, 1.82) is 0 Å². The molecule has 0 radical (unpaired) electrons. The number of hydrogen-bond donors (Lipinski definition) is 0. The van der Waals surface area contributed by atoms with Crippen molar-refractivity contribution in [1.82, 2.24) is 0 Å². The Balaban J connectivity index is 1.56. The van der Waals surface area contributed by atoms with Gasteiger partial charge in [0.05, 0.1) is 29.1 Å². The Morgan fingerprint density at radius 3 is 1.80 bits per heavy atom. The molecule has 0 bridgehead atoms. The van der Waals surface area contributed by atoms with E-state index in [0.717, 1.165) is 9.80 Å². The van der Waals surface area contributed by atoms with Crippen LogP contribution < -0.4 is 9.80 Å². The van der Waals surface area contributed by atoms with Gasteiger partial charge in [0.25, 0.3) is 0 Å². The Morgan fingerprint density at radius 1 is 0.600 bits per heavy atom. The molecule has 7 rings (SSSR count). The third kappa shape index (κ3) is 3.17. The van der Waals surface area contributed by atoms with Crippen LogP contribution in [0, 0.1) is 11.8 Å². The molecule has 4 aromatic carbocycles. The number of fused-ring (bicyclic) bond motifs is 6. The minimum absolute atomic E-state index is 0.347. The number of hydrogen-bond acceptors (Lipinski definition) is 4. The first-order valence-electron chi connectivity index (χ1n) is 12.8. The van der Waals surface area contributed by atoms with Gasteiger partial charge in [-0.25, -0.2) is 9.80 Å². The van der Waals surface area contributed by atoms with E-state index in [9.17, 15) is 19.2 Å². The molecule has 4 aromatic rings. The van der Waals surface area contributed by atoms with Crippen LogP contribution in [0.1, 0.15) is 22.6 Å². The Bertz CT molecular complexity index is 1730. The Hall–Kier alpha value is -4.26. The first-order chi connectivity index (χ1) is 19.4. The number of amides is 4. The Morgan fingerprint density at radius 2 is 1.18 bits per heavy atom. The maximum Gasteiger partial charge on any atom is 0.249 e. The summed E-state index contributed by atoms with van der Waals surface area (Å²) in [6.07, 6.45) is 0. The molecule has 0 unspecified atom stereocenters. The predicted molar refractivity (Wildman–Crippen MR) is 151 cm³/mol. The van der Waals surface area contributed by atoms with Crippen molar-refractivity contribution in [2.24, 2.45) is 11.8 Å².